The Kier molecular flexibility index (Phi) is 7.83. The maximum atomic E-state index is 2.59. The first kappa shape index (κ1) is 23.2. The summed E-state index contributed by atoms with van der Waals surface area (Å²) in [5.74, 6) is 0.583. The van der Waals surface area contributed by atoms with E-state index >= 15 is 0 Å². The summed E-state index contributed by atoms with van der Waals surface area (Å²) in [6.07, 6.45) is 20.8. The summed E-state index contributed by atoms with van der Waals surface area (Å²) >= 11 is 4.18. The lowest BCUT2D eigenvalue weighted by atomic mass is 9.93. The first-order valence-electron chi connectivity index (χ1n) is 12.5. The van der Waals surface area contributed by atoms with Gasteiger partial charge in [-0.3, -0.25) is 0 Å². The molecule has 3 aliphatic rings. The second-order valence-electron chi connectivity index (χ2n) is 9.28. The van der Waals surface area contributed by atoms with Gasteiger partial charge < -0.3 is 0 Å². The third-order valence-corrected chi connectivity index (χ3v) is 12.3. The number of fused-ring (bicyclic) bond motifs is 6. The molecule has 0 saturated heterocycles. The summed E-state index contributed by atoms with van der Waals surface area (Å²) in [4.78, 5) is 6.26. The van der Waals surface area contributed by atoms with Crippen LogP contribution < -0.4 is 0 Å². The number of rotatable bonds is 10. The monoisotopic (exact) mass is 498 g/mol. The lowest BCUT2D eigenvalue weighted by molar-refractivity contribution is 0.664. The molecule has 0 saturated carbocycles. The Labute approximate surface area is 210 Å². The predicted octanol–water partition coefficient (Wildman–Crippen LogP) is 10.6. The zero-order chi connectivity index (χ0) is 21.9. The molecule has 0 amide bonds. The van der Waals surface area contributed by atoms with Gasteiger partial charge in [0.05, 0.1) is 4.88 Å². The van der Waals surface area contributed by atoms with Gasteiger partial charge in [-0.25, -0.2) is 0 Å². The second-order valence-corrected chi connectivity index (χ2v) is 13.7. The van der Waals surface area contributed by atoms with E-state index in [0.29, 0.717) is 11.2 Å². The van der Waals surface area contributed by atoms with E-state index in [-0.39, 0.29) is 0 Å². The summed E-state index contributed by atoms with van der Waals surface area (Å²) in [5.41, 5.74) is 3.09. The number of aryl methyl sites for hydroxylation is 1. The third-order valence-electron chi connectivity index (χ3n) is 6.80. The van der Waals surface area contributed by atoms with Crippen molar-refractivity contribution >= 4 is 59.7 Å². The molecule has 1 aliphatic carbocycles. The quantitative estimate of drug-likeness (QED) is 0.236. The van der Waals surface area contributed by atoms with Gasteiger partial charge in [-0.2, -0.15) is 0 Å². The van der Waals surface area contributed by atoms with E-state index < -0.39 is 0 Å². The molecule has 0 spiro atoms. The van der Waals surface area contributed by atoms with Crippen molar-refractivity contribution in [1.29, 1.82) is 0 Å². The lowest BCUT2D eigenvalue weighted by Gasteiger charge is -2.21. The topological polar surface area (TPSA) is 0 Å². The van der Waals surface area contributed by atoms with Gasteiger partial charge >= 0.3 is 0 Å². The fourth-order valence-corrected chi connectivity index (χ4v) is 11.5. The molecule has 0 nitrogen and oxygen atoms in total. The van der Waals surface area contributed by atoms with Crippen molar-refractivity contribution in [3.8, 4) is 0 Å². The average molecular weight is 499 g/mol. The number of benzene rings is 1. The third kappa shape index (κ3) is 4.80. The highest BCUT2D eigenvalue weighted by Crippen LogP contribution is 2.64. The Morgan fingerprint density at radius 3 is 2.50 bits per heavy atom. The van der Waals surface area contributed by atoms with Crippen LogP contribution in [0.15, 0.2) is 51.8 Å². The number of unbranched alkanes of at least 4 members (excludes halogenated alkanes) is 6. The molecule has 1 aromatic carbocycles. The smallest absolute Gasteiger partial charge is 0.0572 e. The zero-order valence-corrected chi connectivity index (χ0v) is 22.6. The summed E-state index contributed by atoms with van der Waals surface area (Å²) in [7, 11) is 4.04. The predicted molar refractivity (Wildman–Crippen MR) is 151 cm³/mol. The van der Waals surface area contributed by atoms with Gasteiger partial charge in [-0.15, -0.1) is 23.1 Å². The second kappa shape index (κ2) is 10.8. The Morgan fingerprint density at radius 1 is 0.875 bits per heavy atom. The van der Waals surface area contributed by atoms with Crippen molar-refractivity contribution in [3.05, 3.63) is 57.3 Å². The van der Waals surface area contributed by atoms with E-state index in [4.69, 9.17) is 0 Å². The van der Waals surface area contributed by atoms with Crippen LogP contribution in [0, 0.1) is 5.92 Å². The summed E-state index contributed by atoms with van der Waals surface area (Å²) in [6.45, 7) is 4.58. The number of hydrogen-bond donors (Lipinski definition) is 0. The minimum Gasteiger partial charge on any atom is -0.133 e. The number of hydrogen-bond acceptors (Lipinski definition) is 4. The fraction of sp³-hybridized carbons (Fsp3) is 0.500. The molecule has 0 fully saturated rings. The van der Waals surface area contributed by atoms with Gasteiger partial charge in [0, 0.05) is 36.0 Å². The molecule has 0 N–H and O–H groups in total. The maximum Gasteiger partial charge on any atom is 0.0572 e. The van der Waals surface area contributed by atoms with Gasteiger partial charge in [-0.05, 0) is 37.3 Å². The highest BCUT2D eigenvalue weighted by Gasteiger charge is 2.39. The molecule has 0 radical (unpaired) electrons. The van der Waals surface area contributed by atoms with Crippen LogP contribution in [0.3, 0.4) is 0 Å². The van der Waals surface area contributed by atoms with Crippen molar-refractivity contribution in [3.63, 3.8) is 0 Å². The largest absolute Gasteiger partial charge is 0.133 e. The van der Waals surface area contributed by atoms with Crippen LogP contribution in [-0.4, -0.2) is 5.25 Å². The minimum atomic E-state index is 0.583. The normalized spacial score (nSPS) is 21.6. The van der Waals surface area contributed by atoms with E-state index in [1.807, 2.05) is 32.9 Å². The van der Waals surface area contributed by atoms with Crippen molar-refractivity contribution in [1.82, 2.24) is 0 Å². The van der Waals surface area contributed by atoms with E-state index in [2.05, 4.69) is 62.0 Å². The Morgan fingerprint density at radius 2 is 1.69 bits per heavy atom. The average Bonchev–Trinajstić information content (AvgIpc) is 3.37. The van der Waals surface area contributed by atoms with Crippen LogP contribution in [0.5, 0.6) is 0 Å². The van der Waals surface area contributed by atoms with Gasteiger partial charge in [0.1, 0.15) is 0 Å². The van der Waals surface area contributed by atoms with Gasteiger partial charge in [-0.1, -0.05) is 110 Å². The first-order chi connectivity index (χ1) is 15.8. The van der Waals surface area contributed by atoms with Crippen LogP contribution in [-0.2, 0) is 6.42 Å². The minimum absolute atomic E-state index is 0.583. The molecule has 2 atom stereocenters. The van der Waals surface area contributed by atoms with Crippen molar-refractivity contribution in [2.45, 2.75) is 88.2 Å². The van der Waals surface area contributed by atoms with E-state index in [9.17, 15) is 0 Å². The Balaban J connectivity index is 1.33. The molecule has 3 heterocycles. The molecule has 170 valence electrons. The molecule has 2 aromatic rings. The molecule has 2 aliphatic heterocycles. The molecule has 2 unspecified atom stereocenters. The Hall–Kier alpha value is -0.550. The maximum absolute atomic E-state index is 2.59. The van der Waals surface area contributed by atoms with E-state index in [0.717, 1.165) is 0 Å². The fourth-order valence-electron chi connectivity index (χ4n) is 4.93. The van der Waals surface area contributed by atoms with Gasteiger partial charge in [0.15, 0.2) is 0 Å². The first-order valence-corrected chi connectivity index (χ1v) is 16.3. The van der Waals surface area contributed by atoms with Crippen LogP contribution in [0.1, 0.15) is 82.1 Å². The molecule has 32 heavy (non-hydrogen) atoms. The summed E-state index contributed by atoms with van der Waals surface area (Å²) in [6, 6.07) is 7.27. The lowest BCUT2D eigenvalue weighted by Crippen LogP contribution is -2.12. The summed E-state index contributed by atoms with van der Waals surface area (Å²) < 4.78 is 1.49. The molecule has 4 heteroatoms. The van der Waals surface area contributed by atoms with Gasteiger partial charge in [0.25, 0.3) is 0 Å². The SMILES string of the molecule is CCCCCCC1=CC2SC3=C(SSc4c3sc3cc(CCCCCC)ccc43)C2C=C1. The number of thioether (sulfide) groups is 1. The van der Waals surface area contributed by atoms with Gasteiger partial charge in [0.2, 0.25) is 0 Å². The number of thiophene rings is 1. The molecular weight excluding hydrogens is 465 g/mol. The molecule has 0 bridgehead atoms. The zero-order valence-electron chi connectivity index (χ0n) is 19.3. The Bertz CT molecular complexity index is 1050. The van der Waals surface area contributed by atoms with E-state index in [1.165, 1.54) is 84.8 Å². The van der Waals surface area contributed by atoms with Crippen LogP contribution in [0.4, 0.5) is 0 Å². The molecular formula is C28H34S4. The standard InChI is InChI=1S/C28H34S4/c1-3-5-7-9-11-19-13-15-21-23(17-19)29-27-25(21)31-32-26-22-16-14-20(12-10-8-6-4-2)18-24(22)30-28(26)27/h13-18,21,23H,3-12H2,1-2H3. The van der Waals surface area contributed by atoms with Crippen molar-refractivity contribution < 1.29 is 0 Å². The van der Waals surface area contributed by atoms with Crippen molar-refractivity contribution in [2.24, 2.45) is 5.92 Å². The van der Waals surface area contributed by atoms with Crippen LogP contribution in [0.2, 0.25) is 0 Å². The summed E-state index contributed by atoms with van der Waals surface area (Å²) in [5, 5.41) is 2.08. The highest BCUT2D eigenvalue weighted by molar-refractivity contribution is 8.78. The van der Waals surface area contributed by atoms with Crippen LogP contribution >= 0.6 is 44.7 Å². The molecule has 5 rings (SSSR count). The molecule has 1 aromatic heterocycles. The highest BCUT2D eigenvalue weighted by atomic mass is 33.1. The van der Waals surface area contributed by atoms with Crippen LogP contribution in [0.25, 0.3) is 15.0 Å². The van der Waals surface area contributed by atoms with E-state index in [1.54, 1.807) is 20.3 Å². The number of allylic oxidation sites excluding steroid dienone is 4. The van der Waals surface area contributed by atoms with Crippen molar-refractivity contribution in [2.75, 3.05) is 0 Å².